The third-order valence-electron chi connectivity index (χ3n) is 3.39. The molecule has 2 nitrogen and oxygen atoms in total. The Morgan fingerprint density at radius 1 is 1.05 bits per heavy atom. The summed E-state index contributed by atoms with van der Waals surface area (Å²) >= 11 is 0. The van der Waals surface area contributed by atoms with Crippen LogP contribution in [0.1, 0.15) is 22.9 Å². The van der Waals surface area contributed by atoms with Gasteiger partial charge >= 0.3 is 0 Å². The first-order valence-electron chi connectivity index (χ1n) is 6.26. The highest BCUT2D eigenvalue weighted by molar-refractivity contribution is 5.77. The van der Waals surface area contributed by atoms with Crippen LogP contribution >= 0.6 is 0 Å². The summed E-state index contributed by atoms with van der Waals surface area (Å²) in [5, 5.41) is 0.881. The molecule has 0 aliphatic carbocycles. The van der Waals surface area contributed by atoms with Gasteiger partial charge in [0.05, 0.1) is 6.04 Å². The average Bonchev–Trinajstić information content (AvgIpc) is 2.88. The molecule has 0 amide bonds. The molecule has 0 saturated heterocycles. The van der Waals surface area contributed by atoms with Crippen LogP contribution in [-0.2, 0) is 0 Å². The molecular formula is C16H13F2NO. The molecule has 0 aliphatic heterocycles. The molecule has 4 heteroatoms. The van der Waals surface area contributed by atoms with Crippen LogP contribution in [0.25, 0.3) is 11.0 Å². The van der Waals surface area contributed by atoms with Crippen LogP contribution in [0.4, 0.5) is 8.78 Å². The van der Waals surface area contributed by atoms with Gasteiger partial charge in [-0.25, -0.2) is 8.78 Å². The first kappa shape index (κ1) is 12.8. The second kappa shape index (κ2) is 4.72. The van der Waals surface area contributed by atoms with Gasteiger partial charge in [0.2, 0.25) is 0 Å². The number of rotatable bonds is 2. The monoisotopic (exact) mass is 273 g/mol. The molecule has 102 valence electrons. The van der Waals surface area contributed by atoms with Crippen molar-refractivity contribution in [3.63, 3.8) is 0 Å². The summed E-state index contributed by atoms with van der Waals surface area (Å²) in [6, 6.07) is 11.3. The summed E-state index contributed by atoms with van der Waals surface area (Å²) in [5.74, 6) is -1.37. The molecule has 2 aromatic carbocycles. The van der Waals surface area contributed by atoms with Crippen LogP contribution in [0.2, 0.25) is 0 Å². The van der Waals surface area contributed by atoms with E-state index in [1.165, 1.54) is 19.1 Å². The van der Waals surface area contributed by atoms with Gasteiger partial charge in [0.25, 0.3) is 0 Å². The minimum absolute atomic E-state index is 0.0900. The Morgan fingerprint density at radius 2 is 1.80 bits per heavy atom. The van der Waals surface area contributed by atoms with Crippen LogP contribution in [0.15, 0.2) is 46.9 Å². The summed E-state index contributed by atoms with van der Waals surface area (Å²) in [6.45, 7) is 1.51. The van der Waals surface area contributed by atoms with Crippen molar-refractivity contribution >= 4 is 11.0 Å². The lowest BCUT2D eigenvalue weighted by Crippen LogP contribution is -2.14. The molecule has 0 fully saturated rings. The predicted octanol–water partition coefficient (Wildman–Crippen LogP) is 4.07. The van der Waals surface area contributed by atoms with Gasteiger partial charge in [0, 0.05) is 10.9 Å². The fourth-order valence-corrected chi connectivity index (χ4v) is 2.21. The second-order valence-corrected chi connectivity index (χ2v) is 4.76. The van der Waals surface area contributed by atoms with Crippen LogP contribution in [0.3, 0.4) is 0 Å². The molecule has 0 aliphatic rings. The number of hydrogen-bond donors (Lipinski definition) is 1. The lowest BCUT2D eigenvalue weighted by atomic mass is 10.0. The predicted molar refractivity (Wildman–Crippen MR) is 73.3 cm³/mol. The molecule has 3 aromatic rings. The van der Waals surface area contributed by atoms with Gasteiger partial charge < -0.3 is 10.2 Å². The zero-order valence-corrected chi connectivity index (χ0v) is 10.9. The van der Waals surface area contributed by atoms with Crippen molar-refractivity contribution in [1.29, 1.82) is 0 Å². The summed E-state index contributed by atoms with van der Waals surface area (Å²) in [4.78, 5) is 0. The first-order chi connectivity index (χ1) is 9.58. The maximum absolute atomic E-state index is 14.0. The molecule has 3 rings (SSSR count). The molecule has 1 unspecified atom stereocenters. The Bertz CT molecular complexity index is 746. The zero-order valence-electron chi connectivity index (χ0n) is 10.9. The molecular weight excluding hydrogens is 260 g/mol. The number of fused-ring (bicyclic) bond motifs is 1. The van der Waals surface area contributed by atoms with Crippen molar-refractivity contribution in [3.05, 3.63) is 71.0 Å². The Kier molecular flexibility index (Phi) is 3.03. The van der Waals surface area contributed by atoms with E-state index in [9.17, 15) is 8.78 Å². The summed E-state index contributed by atoms with van der Waals surface area (Å²) < 4.78 is 33.2. The van der Waals surface area contributed by atoms with Crippen molar-refractivity contribution in [3.8, 4) is 0 Å². The molecule has 1 heterocycles. The fraction of sp³-hybridized carbons (Fsp3) is 0.125. The largest absolute Gasteiger partial charge is 0.459 e. The fourth-order valence-electron chi connectivity index (χ4n) is 2.21. The number of furan rings is 1. The average molecular weight is 273 g/mol. The second-order valence-electron chi connectivity index (χ2n) is 4.76. The van der Waals surface area contributed by atoms with Crippen molar-refractivity contribution < 1.29 is 13.2 Å². The Balaban J connectivity index is 2.08. The summed E-state index contributed by atoms with van der Waals surface area (Å²) in [7, 11) is 0. The lowest BCUT2D eigenvalue weighted by molar-refractivity contribution is 0.472. The maximum Gasteiger partial charge on any atom is 0.164 e. The molecule has 1 atom stereocenters. The molecule has 0 saturated carbocycles. The highest BCUT2D eigenvalue weighted by atomic mass is 19.2. The van der Waals surface area contributed by atoms with E-state index >= 15 is 0 Å². The minimum atomic E-state index is -0.919. The molecule has 20 heavy (non-hydrogen) atoms. The van der Waals surface area contributed by atoms with E-state index in [1.807, 2.05) is 18.2 Å². The van der Waals surface area contributed by atoms with E-state index in [0.29, 0.717) is 11.3 Å². The number of nitrogens with two attached hydrogens (primary N) is 1. The Labute approximate surface area is 114 Å². The highest BCUT2D eigenvalue weighted by Gasteiger charge is 2.20. The van der Waals surface area contributed by atoms with E-state index in [-0.39, 0.29) is 11.1 Å². The van der Waals surface area contributed by atoms with Crippen LogP contribution < -0.4 is 5.73 Å². The molecule has 1 aromatic heterocycles. The topological polar surface area (TPSA) is 39.2 Å². The molecule has 0 spiro atoms. The number of para-hydroxylation sites is 1. The smallest absolute Gasteiger partial charge is 0.164 e. The van der Waals surface area contributed by atoms with Crippen molar-refractivity contribution in [2.45, 2.75) is 13.0 Å². The van der Waals surface area contributed by atoms with E-state index < -0.39 is 17.7 Å². The molecule has 2 N–H and O–H groups in total. The number of hydrogen-bond acceptors (Lipinski definition) is 2. The normalized spacial score (nSPS) is 12.8. The standard InChI is InChI=1S/C16H13F2NO/c1-9-6-7-11(15(18)14(9)17)16(19)13-8-10-4-2-3-5-12(10)20-13/h2-8,16H,19H2,1H3. The lowest BCUT2D eigenvalue weighted by Gasteiger charge is -2.11. The highest BCUT2D eigenvalue weighted by Crippen LogP contribution is 2.29. The molecule has 0 bridgehead atoms. The van der Waals surface area contributed by atoms with Gasteiger partial charge in [-0.1, -0.05) is 30.3 Å². The summed E-state index contributed by atoms with van der Waals surface area (Å²) in [5.41, 5.74) is 7.01. The van der Waals surface area contributed by atoms with Crippen LogP contribution in [0, 0.1) is 18.6 Å². The van der Waals surface area contributed by atoms with Crippen molar-refractivity contribution in [2.75, 3.05) is 0 Å². The van der Waals surface area contributed by atoms with Crippen molar-refractivity contribution in [1.82, 2.24) is 0 Å². The first-order valence-corrected chi connectivity index (χ1v) is 6.26. The van der Waals surface area contributed by atoms with Crippen LogP contribution in [-0.4, -0.2) is 0 Å². The van der Waals surface area contributed by atoms with Crippen LogP contribution in [0.5, 0.6) is 0 Å². The molecule has 0 radical (unpaired) electrons. The van der Waals surface area contributed by atoms with Gasteiger partial charge in [-0.05, 0) is 24.6 Å². The Morgan fingerprint density at radius 3 is 2.55 bits per heavy atom. The van der Waals surface area contributed by atoms with E-state index in [2.05, 4.69) is 0 Å². The van der Waals surface area contributed by atoms with E-state index in [4.69, 9.17) is 10.2 Å². The zero-order chi connectivity index (χ0) is 14.3. The third kappa shape index (κ3) is 1.98. The van der Waals surface area contributed by atoms with Gasteiger partial charge in [-0.15, -0.1) is 0 Å². The number of benzene rings is 2. The van der Waals surface area contributed by atoms with Gasteiger partial charge in [-0.2, -0.15) is 0 Å². The number of aryl methyl sites for hydroxylation is 1. The number of halogens is 2. The SMILES string of the molecule is Cc1ccc(C(N)c2cc3ccccc3o2)c(F)c1F. The minimum Gasteiger partial charge on any atom is -0.459 e. The van der Waals surface area contributed by atoms with Gasteiger partial charge in [-0.3, -0.25) is 0 Å². The van der Waals surface area contributed by atoms with E-state index in [1.54, 1.807) is 12.1 Å². The van der Waals surface area contributed by atoms with E-state index in [0.717, 1.165) is 5.39 Å². The summed E-state index contributed by atoms with van der Waals surface area (Å²) in [6.07, 6.45) is 0. The van der Waals surface area contributed by atoms with Gasteiger partial charge in [0.15, 0.2) is 11.6 Å². The van der Waals surface area contributed by atoms with Crippen molar-refractivity contribution in [2.24, 2.45) is 5.73 Å². The maximum atomic E-state index is 14.0. The van der Waals surface area contributed by atoms with Gasteiger partial charge in [0.1, 0.15) is 11.3 Å². The third-order valence-corrected chi connectivity index (χ3v) is 3.39. The Hall–Kier alpha value is -2.20. The quantitative estimate of drug-likeness (QED) is 0.764.